The van der Waals surface area contributed by atoms with Gasteiger partial charge in [-0.1, -0.05) is 36.9 Å². The van der Waals surface area contributed by atoms with Gasteiger partial charge in [-0.25, -0.2) is 27.2 Å². The van der Waals surface area contributed by atoms with E-state index in [4.69, 9.17) is 4.74 Å². The molecule has 37 heavy (non-hydrogen) atoms. The van der Waals surface area contributed by atoms with Gasteiger partial charge in [-0.05, 0) is 52.7 Å². The molecule has 1 fully saturated rings. The SMILES string of the molecule is C=C(C)c1cn(S(=O)(=O)Cc2ccccc2)c2ncnc(N3C[C@@H](C)N(C(=O)OC(C)(C)C)C[C@@H]3C)c12. The number of rotatable bonds is 5. The maximum absolute atomic E-state index is 13.5. The number of hydrogen-bond donors (Lipinski definition) is 0. The zero-order valence-electron chi connectivity index (χ0n) is 22.3. The molecule has 1 aromatic carbocycles. The molecule has 1 saturated heterocycles. The summed E-state index contributed by atoms with van der Waals surface area (Å²) in [6.07, 6.45) is 2.64. The van der Waals surface area contributed by atoms with Crippen molar-refractivity contribution in [3.8, 4) is 0 Å². The minimum Gasteiger partial charge on any atom is -0.444 e. The number of carbonyl (C=O) groups is 1. The lowest BCUT2D eigenvalue weighted by Gasteiger charge is -2.44. The highest BCUT2D eigenvalue weighted by atomic mass is 32.2. The van der Waals surface area contributed by atoms with Crippen LogP contribution in [0.15, 0.2) is 49.4 Å². The summed E-state index contributed by atoms with van der Waals surface area (Å²) in [6, 6.07) is 8.82. The van der Waals surface area contributed by atoms with E-state index in [0.717, 1.165) is 0 Å². The Morgan fingerprint density at radius 2 is 1.78 bits per heavy atom. The van der Waals surface area contributed by atoms with Crippen molar-refractivity contribution in [1.29, 1.82) is 0 Å². The smallest absolute Gasteiger partial charge is 0.410 e. The Balaban J connectivity index is 1.74. The number of nitrogens with zero attached hydrogens (tertiary/aromatic N) is 5. The molecule has 0 saturated carbocycles. The van der Waals surface area contributed by atoms with Crippen LogP contribution in [0.2, 0.25) is 0 Å². The van der Waals surface area contributed by atoms with Crippen molar-refractivity contribution in [3.63, 3.8) is 0 Å². The number of anilines is 1. The van der Waals surface area contributed by atoms with Crippen molar-refractivity contribution < 1.29 is 17.9 Å². The molecule has 3 aromatic rings. The predicted molar refractivity (Wildman–Crippen MR) is 146 cm³/mol. The first-order valence-corrected chi connectivity index (χ1v) is 13.9. The van der Waals surface area contributed by atoms with Crippen molar-refractivity contribution >= 4 is 38.5 Å². The summed E-state index contributed by atoms with van der Waals surface area (Å²) < 4.78 is 33.8. The maximum atomic E-state index is 13.5. The summed E-state index contributed by atoms with van der Waals surface area (Å²) in [5.74, 6) is 0.467. The third kappa shape index (κ3) is 5.49. The summed E-state index contributed by atoms with van der Waals surface area (Å²) in [4.78, 5) is 25.6. The molecule has 0 bridgehead atoms. The van der Waals surface area contributed by atoms with Gasteiger partial charge >= 0.3 is 6.09 Å². The molecule has 3 heterocycles. The first-order valence-electron chi connectivity index (χ1n) is 12.3. The van der Waals surface area contributed by atoms with Gasteiger partial charge in [0.25, 0.3) is 0 Å². The van der Waals surface area contributed by atoms with E-state index >= 15 is 0 Å². The Morgan fingerprint density at radius 3 is 2.41 bits per heavy atom. The molecule has 1 amide bonds. The topological polar surface area (TPSA) is 97.6 Å². The van der Waals surface area contributed by atoms with Crippen molar-refractivity contribution in [1.82, 2.24) is 18.8 Å². The van der Waals surface area contributed by atoms with Gasteiger partial charge in [0.15, 0.2) is 5.65 Å². The summed E-state index contributed by atoms with van der Waals surface area (Å²) in [5.41, 5.74) is 1.81. The Morgan fingerprint density at radius 1 is 1.11 bits per heavy atom. The lowest BCUT2D eigenvalue weighted by Crippen LogP contribution is -2.59. The highest BCUT2D eigenvalue weighted by Crippen LogP contribution is 2.35. The minimum absolute atomic E-state index is 0.0935. The molecule has 0 unspecified atom stereocenters. The fraction of sp³-hybridized carbons (Fsp3) is 0.444. The van der Waals surface area contributed by atoms with Crippen LogP contribution < -0.4 is 4.90 Å². The number of piperazine rings is 1. The molecular formula is C27H35N5O4S. The summed E-state index contributed by atoms with van der Waals surface area (Å²) >= 11 is 0. The molecule has 1 aliphatic heterocycles. The third-order valence-corrected chi connectivity index (χ3v) is 7.94. The van der Waals surface area contributed by atoms with E-state index in [2.05, 4.69) is 21.4 Å². The zero-order valence-corrected chi connectivity index (χ0v) is 23.1. The molecule has 198 valence electrons. The van der Waals surface area contributed by atoms with E-state index < -0.39 is 15.6 Å². The minimum atomic E-state index is -3.76. The lowest BCUT2D eigenvalue weighted by atomic mass is 10.1. The molecule has 2 atom stereocenters. The van der Waals surface area contributed by atoms with Crippen LogP contribution in [-0.4, -0.2) is 64.1 Å². The molecule has 0 aliphatic carbocycles. The van der Waals surface area contributed by atoms with Gasteiger partial charge in [-0.2, -0.15) is 0 Å². The van der Waals surface area contributed by atoms with Gasteiger partial charge in [0.2, 0.25) is 10.0 Å². The number of hydrogen-bond acceptors (Lipinski definition) is 7. The Labute approximate surface area is 218 Å². The number of benzene rings is 1. The second kappa shape index (κ2) is 9.81. The summed E-state index contributed by atoms with van der Waals surface area (Å²) in [6.45, 7) is 16.4. The van der Waals surface area contributed by atoms with E-state index in [-0.39, 0.29) is 23.9 Å². The highest BCUT2D eigenvalue weighted by Gasteiger charge is 2.36. The number of allylic oxidation sites excluding steroid dienone is 1. The second-order valence-corrected chi connectivity index (χ2v) is 12.6. The molecule has 1 aliphatic rings. The van der Waals surface area contributed by atoms with Crippen LogP contribution in [0.3, 0.4) is 0 Å². The molecule has 10 heteroatoms. The van der Waals surface area contributed by atoms with Crippen LogP contribution in [0, 0.1) is 0 Å². The quantitative estimate of drug-likeness (QED) is 0.477. The molecule has 2 aromatic heterocycles. The van der Waals surface area contributed by atoms with Gasteiger partial charge in [0.1, 0.15) is 17.7 Å². The molecular weight excluding hydrogens is 490 g/mol. The fourth-order valence-corrected chi connectivity index (χ4v) is 6.04. The van der Waals surface area contributed by atoms with E-state index in [1.807, 2.05) is 59.7 Å². The fourth-order valence-electron chi connectivity index (χ4n) is 4.62. The van der Waals surface area contributed by atoms with E-state index in [1.54, 1.807) is 23.2 Å². The number of ether oxygens (including phenoxy) is 1. The predicted octanol–water partition coefficient (Wildman–Crippen LogP) is 4.68. The van der Waals surface area contributed by atoms with Crippen LogP contribution in [0.4, 0.5) is 10.6 Å². The normalized spacial score (nSPS) is 18.8. The Hall–Kier alpha value is -3.40. The number of aromatic nitrogens is 3. The van der Waals surface area contributed by atoms with Crippen molar-refractivity contribution in [3.05, 3.63) is 60.6 Å². The van der Waals surface area contributed by atoms with Crippen molar-refractivity contribution in [2.45, 2.75) is 65.0 Å². The van der Waals surface area contributed by atoms with Crippen molar-refractivity contribution in [2.75, 3.05) is 18.0 Å². The van der Waals surface area contributed by atoms with Gasteiger partial charge in [0.05, 0.1) is 11.1 Å². The molecule has 0 N–H and O–H groups in total. The Kier molecular flexibility index (Phi) is 7.07. The number of carbonyl (C=O) groups excluding carboxylic acids is 1. The van der Waals surface area contributed by atoms with E-state index in [1.165, 1.54) is 10.3 Å². The molecule has 0 radical (unpaired) electrons. The lowest BCUT2D eigenvalue weighted by molar-refractivity contribution is 0.0130. The van der Waals surface area contributed by atoms with Crippen LogP contribution >= 0.6 is 0 Å². The van der Waals surface area contributed by atoms with Gasteiger partial charge in [0, 0.05) is 36.9 Å². The maximum Gasteiger partial charge on any atom is 0.410 e. The van der Waals surface area contributed by atoms with Crippen molar-refractivity contribution in [2.24, 2.45) is 0 Å². The highest BCUT2D eigenvalue weighted by molar-refractivity contribution is 7.89. The average molecular weight is 526 g/mol. The van der Waals surface area contributed by atoms with Crippen LogP contribution in [-0.2, 0) is 20.5 Å². The van der Waals surface area contributed by atoms with Crippen LogP contribution in [0.25, 0.3) is 16.6 Å². The van der Waals surface area contributed by atoms with E-state index in [9.17, 15) is 13.2 Å². The van der Waals surface area contributed by atoms with Gasteiger partial charge < -0.3 is 14.5 Å². The van der Waals surface area contributed by atoms with E-state index in [0.29, 0.717) is 46.6 Å². The summed E-state index contributed by atoms with van der Waals surface area (Å²) in [5, 5.41) is 0.636. The number of amides is 1. The average Bonchev–Trinajstić information content (AvgIpc) is 3.21. The van der Waals surface area contributed by atoms with Gasteiger partial charge in [-0.15, -0.1) is 0 Å². The molecule has 4 rings (SSSR count). The zero-order chi connectivity index (χ0) is 27.1. The molecule has 9 nitrogen and oxygen atoms in total. The first-order chi connectivity index (χ1) is 17.3. The van der Waals surface area contributed by atoms with Crippen LogP contribution in [0.1, 0.15) is 52.7 Å². The largest absolute Gasteiger partial charge is 0.444 e. The molecule has 0 spiro atoms. The second-order valence-electron chi connectivity index (χ2n) is 10.7. The first kappa shape index (κ1) is 26.7. The third-order valence-electron chi connectivity index (χ3n) is 6.37. The van der Waals surface area contributed by atoms with Gasteiger partial charge in [-0.3, -0.25) is 0 Å². The number of fused-ring (bicyclic) bond motifs is 1. The van der Waals surface area contributed by atoms with Crippen LogP contribution in [0.5, 0.6) is 0 Å². The monoisotopic (exact) mass is 525 g/mol. The standard InChI is InChI=1S/C27H35N5O4S/c1-18(2)22-15-32(37(34,35)16-21-11-9-8-10-12-21)25-23(22)24(28-17-29-25)30-13-20(4)31(14-19(30)3)26(33)36-27(5,6)7/h8-12,15,17,19-20H,1,13-14,16H2,2-7H3/t19-,20+/m0/s1. The summed E-state index contributed by atoms with van der Waals surface area (Å²) in [7, 11) is -3.76. The Bertz CT molecular complexity index is 1430.